The summed E-state index contributed by atoms with van der Waals surface area (Å²) in [4.78, 5) is 4.17. The highest BCUT2D eigenvalue weighted by Gasteiger charge is 2.24. The van der Waals surface area contributed by atoms with Gasteiger partial charge < -0.3 is 4.74 Å². The Balaban J connectivity index is 2.19. The number of ether oxygens (including phenoxy) is 1. The summed E-state index contributed by atoms with van der Waals surface area (Å²) in [6.45, 7) is 2.07. The van der Waals surface area contributed by atoms with Crippen LogP contribution in [-0.2, 0) is 6.42 Å². The second-order valence-electron chi connectivity index (χ2n) is 3.28. The quantitative estimate of drug-likeness (QED) is 0.744. The fraction of sp³-hybridized carbons (Fsp3) is 0.500. The van der Waals surface area contributed by atoms with Crippen LogP contribution in [0.2, 0.25) is 5.02 Å². The van der Waals surface area contributed by atoms with Gasteiger partial charge in [-0.05, 0) is 19.3 Å². The first kappa shape index (κ1) is 8.82. The Bertz CT molecular complexity index is 310. The zero-order valence-electron chi connectivity index (χ0n) is 7.59. The molecule has 0 aromatic carbocycles. The van der Waals surface area contributed by atoms with Gasteiger partial charge in [0.25, 0.3) is 0 Å². The fourth-order valence-corrected chi connectivity index (χ4v) is 1.26. The monoisotopic (exact) mass is 197 g/mol. The van der Waals surface area contributed by atoms with Crippen LogP contribution in [0.3, 0.4) is 0 Å². The van der Waals surface area contributed by atoms with Crippen molar-refractivity contribution < 1.29 is 4.74 Å². The third kappa shape index (κ3) is 2.13. The first-order valence-corrected chi connectivity index (χ1v) is 4.98. The topological polar surface area (TPSA) is 22.1 Å². The number of aromatic nitrogens is 1. The maximum absolute atomic E-state index is 5.94. The van der Waals surface area contributed by atoms with Crippen LogP contribution in [0.25, 0.3) is 0 Å². The lowest BCUT2D eigenvalue weighted by Gasteiger charge is -2.07. The van der Waals surface area contributed by atoms with Crippen molar-refractivity contribution in [2.45, 2.75) is 32.3 Å². The Morgan fingerprint density at radius 1 is 1.62 bits per heavy atom. The number of halogens is 1. The molecule has 0 spiro atoms. The van der Waals surface area contributed by atoms with Gasteiger partial charge in [0.1, 0.15) is 10.8 Å². The van der Waals surface area contributed by atoms with Crippen LogP contribution in [0.4, 0.5) is 0 Å². The molecule has 0 radical (unpaired) electrons. The van der Waals surface area contributed by atoms with Crippen molar-refractivity contribution in [1.82, 2.24) is 4.98 Å². The second kappa shape index (κ2) is 3.54. The molecule has 1 aromatic heterocycles. The molecule has 2 nitrogen and oxygen atoms in total. The van der Waals surface area contributed by atoms with Crippen molar-refractivity contribution in [1.29, 1.82) is 0 Å². The molecule has 70 valence electrons. The molecule has 1 aliphatic carbocycles. The van der Waals surface area contributed by atoms with Crippen molar-refractivity contribution in [3.8, 4) is 5.75 Å². The second-order valence-corrected chi connectivity index (χ2v) is 3.68. The molecule has 0 saturated heterocycles. The van der Waals surface area contributed by atoms with Crippen LogP contribution >= 0.6 is 11.6 Å². The summed E-state index contributed by atoms with van der Waals surface area (Å²) in [5, 5.41) is 0.615. The summed E-state index contributed by atoms with van der Waals surface area (Å²) in [6.07, 6.45) is 5.28. The van der Waals surface area contributed by atoms with Crippen LogP contribution < -0.4 is 4.74 Å². The molecular formula is C10H12ClNO. The number of aryl methyl sites for hydroxylation is 1. The van der Waals surface area contributed by atoms with Crippen molar-refractivity contribution in [2.24, 2.45) is 0 Å². The van der Waals surface area contributed by atoms with Gasteiger partial charge in [0.15, 0.2) is 0 Å². The van der Waals surface area contributed by atoms with E-state index in [-0.39, 0.29) is 0 Å². The van der Waals surface area contributed by atoms with Gasteiger partial charge in [0.05, 0.1) is 6.10 Å². The molecule has 0 unspecified atom stereocenters. The van der Waals surface area contributed by atoms with Gasteiger partial charge in [-0.3, -0.25) is 4.98 Å². The Labute approximate surface area is 82.9 Å². The number of hydrogen-bond donors (Lipinski definition) is 0. The minimum Gasteiger partial charge on any atom is -0.489 e. The maximum atomic E-state index is 5.94. The molecule has 0 N–H and O–H groups in total. The number of hydrogen-bond acceptors (Lipinski definition) is 2. The Kier molecular flexibility index (Phi) is 2.40. The number of pyridine rings is 1. The molecule has 1 heterocycles. The van der Waals surface area contributed by atoms with Gasteiger partial charge in [-0.25, -0.2) is 0 Å². The van der Waals surface area contributed by atoms with Crippen LogP contribution in [0.15, 0.2) is 12.3 Å². The predicted octanol–water partition coefficient (Wildman–Crippen LogP) is 2.84. The van der Waals surface area contributed by atoms with Gasteiger partial charge in [-0.15, -0.1) is 0 Å². The maximum Gasteiger partial charge on any atom is 0.141 e. The fourth-order valence-electron chi connectivity index (χ4n) is 1.11. The Morgan fingerprint density at radius 2 is 2.38 bits per heavy atom. The third-order valence-corrected chi connectivity index (χ3v) is 2.34. The molecule has 1 aliphatic rings. The lowest BCUT2D eigenvalue weighted by Crippen LogP contribution is -1.98. The van der Waals surface area contributed by atoms with E-state index in [1.165, 1.54) is 0 Å². The van der Waals surface area contributed by atoms with E-state index in [2.05, 4.69) is 11.9 Å². The highest BCUT2D eigenvalue weighted by atomic mass is 35.5. The minimum absolute atomic E-state index is 0.393. The Morgan fingerprint density at radius 3 is 3.00 bits per heavy atom. The zero-order valence-corrected chi connectivity index (χ0v) is 8.34. The standard InChI is InChI=1S/C10H12ClNO/c1-2-7-5-10(9(11)6-12-7)13-8-3-4-8/h5-6,8H,2-4H2,1H3. The van der Waals surface area contributed by atoms with E-state index >= 15 is 0 Å². The minimum atomic E-state index is 0.393. The summed E-state index contributed by atoms with van der Waals surface area (Å²) < 4.78 is 5.63. The van der Waals surface area contributed by atoms with Crippen LogP contribution in [0.5, 0.6) is 5.75 Å². The number of nitrogens with zero attached hydrogens (tertiary/aromatic N) is 1. The number of rotatable bonds is 3. The summed E-state index contributed by atoms with van der Waals surface area (Å²) in [6, 6.07) is 1.93. The summed E-state index contributed by atoms with van der Waals surface area (Å²) in [5.74, 6) is 0.788. The molecule has 2 rings (SSSR count). The SMILES string of the molecule is CCc1cc(OC2CC2)c(Cl)cn1. The van der Waals surface area contributed by atoms with Crippen molar-refractivity contribution in [2.75, 3.05) is 0 Å². The third-order valence-electron chi connectivity index (χ3n) is 2.06. The Hall–Kier alpha value is -0.760. The van der Waals surface area contributed by atoms with Crippen LogP contribution in [0, 0.1) is 0 Å². The van der Waals surface area contributed by atoms with Gasteiger partial charge in [0.2, 0.25) is 0 Å². The van der Waals surface area contributed by atoms with E-state index in [1.54, 1.807) is 6.20 Å². The van der Waals surface area contributed by atoms with Gasteiger partial charge in [-0.1, -0.05) is 18.5 Å². The van der Waals surface area contributed by atoms with E-state index in [9.17, 15) is 0 Å². The normalized spacial score (nSPS) is 15.8. The van der Waals surface area contributed by atoms with Gasteiger partial charge in [-0.2, -0.15) is 0 Å². The molecule has 13 heavy (non-hydrogen) atoms. The average Bonchev–Trinajstić information content (AvgIpc) is 2.93. The largest absolute Gasteiger partial charge is 0.489 e. The van der Waals surface area contributed by atoms with Crippen molar-refractivity contribution in [3.63, 3.8) is 0 Å². The molecule has 1 aromatic rings. The predicted molar refractivity (Wildman–Crippen MR) is 52.3 cm³/mol. The first-order chi connectivity index (χ1) is 6.29. The van der Waals surface area contributed by atoms with Crippen molar-refractivity contribution in [3.05, 3.63) is 23.0 Å². The molecule has 1 fully saturated rings. The molecular weight excluding hydrogens is 186 g/mol. The smallest absolute Gasteiger partial charge is 0.141 e. The van der Waals surface area contributed by atoms with Crippen LogP contribution in [-0.4, -0.2) is 11.1 Å². The lowest BCUT2D eigenvalue weighted by molar-refractivity contribution is 0.302. The van der Waals surface area contributed by atoms with E-state index in [1.807, 2.05) is 6.07 Å². The van der Waals surface area contributed by atoms with E-state index in [0.29, 0.717) is 11.1 Å². The van der Waals surface area contributed by atoms with Gasteiger partial charge >= 0.3 is 0 Å². The first-order valence-electron chi connectivity index (χ1n) is 4.60. The van der Waals surface area contributed by atoms with E-state index in [0.717, 1.165) is 30.7 Å². The zero-order chi connectivity index (χ0) is 9.26. The lowest BCUT2D eigenvalue weighted by atomic mass is 10.3. The highest BCUT2D eigenvalue weighted by Crippen LogP contribution is 2.31. The van der Waals surface area contributed by atoms with Crippen molar-refractivity contribution >= 4 is 11.6 Å². The molecule has 1 saturated carbocycles. The summed E-state index contributed by atoms with van der Waals surface area (Å²) in [7, 11) is 0. The molecule has 0 aliphatic heterocycles. The van der Waals surface area contributed by atoms with Gasteiger partial charge in [0, 0.05) is 18.0 Å². The summed E-state index contributed by atoms with van der Waals surface area (Å²) >= 11 is 5.94. The highest BCUT2D eigenvalue weighted by molar-refractivity contribution is 6.31. The average molecular weight is 198 g/mol. The molecule has 0 amide bonds. The molecule has 3 heteroatoms. The van der Waals surface area contributed by atoms with E-state index in [4.69, 9.17) is 16.3 Å². The van der Waals surface area contributed by atoms with Crippen LogP contribution in [0.1, 0.15) is 25.5 Å². The summed E-state index contributed by atoms with van der Waals surface area (Å²) in [5.41, 5.74) is 1.03. The molecule has 0 bridgehead atoms. The van der Waals surface area contributed by atoms with E-state index < -0.39 is 0 Å². The molecule has 0 atom stereocenters.